The molecule has 2 rings (SSSR count). The number of likely N-dealkylation sites (N-methyl/N-ethyl adjacent to an activating group) is 1. The zero-order valence-electron chi connectivity index (χ0n) is 14.2. The molecule has 23 heavy (non-hydrogen) atoms. The summed E-state index contributed by atoms with van der Waals surface area (Å²) in [6, 6.07) is 7.61. The maximum Gasteiger partial charge on any atom is 0.234 e. The van der Waals surface area contributed by atoms with Crippen molar-refractivity contribution < 1.29 is 14.3 Å². The molecule has 1 aromatic carbocycles. The molecule has 0 unspecified atom stereocenters. The average molecular weight is 321 g/mol. The van der Waals surface area contributed by atoms with Crippen molar-refractivity contribution in [3.05, 3.63) is 29.8 Å². The van der Waals surface area contributed by atoms with Crippen molar-refractivity contribution in [2.24, 2.45) is 0 Å². The fourth-order valence-corrected chi connectivity index (χ4v) is 2.73. The number of methoxy groups -OCH3 is 1. The number of nitrogens with zero attached hydrogens (tertiary/aromatic N) is 1. The van der Waals surface area contributed by atoms with Crippen LogP contribution < -0.4 is 15.4 Å². The van der Waals surface area contributed by atoms with Crippen LogP contribution in [0, 0.1) is 0 Å². The van der Waals surface area contributed by atoms with Crippen LogP contribution in [0.4, 0.5) is 0 Å². The first kappa shape index (κ1) is 17.7. The van der Waals surface area contributed by atoms with E-state index < -0.39 is 0 Å². The normalized spacial score (nSPS) is 20.0. The standard InChI is InChI=1S/C17H27N3O3/c1-13(15-6-4-5-7-16(15)22-3)19-17(21)11-18-10-14-12-20(2)8-9-23-14/h4-7,13-14,18H,8-12H2,1-3H3,(H,19,21)/t13-,14+/m1/s1. The highest BCUT2D eigenvalue weighted by Gasteiger charge is 2.18. The zero-order chi connectivity index (χ0) is 16.7. The topological polar surface area (TPSA) is 62.8 Å². The van der Waals surface area contributed by atoms with Crippen molar-refractivity contribution >= 4 is 5.91 Å². The zero-order valence-corrected chi connectivity index (χ0v) is 14.2. The summed E-state index contributed by atoms with van der Waals surface area (Å²) in [4.78, 5) is 14.3. The molecule has 1 saturated heterocycles. The van der Waals surface area contributed by atoms with Crippen LogP contribution in [0.3, 0.4) is 0 Å². The maximum atomic E-state index is 12.1. The van der Waals surface area contributed by atoms with Crippen molar-refractivity contribution in [2.45, 2.75) is 19.1 Å². The van der Waals surface area contributed by atoms with Crippen molar-refractivity contribution in [1.29, 1.82) is 0 Å². The predicted molar refractivity (Wildman–Crippen MR) is 89.7 cm³/mol. The molecule has 1 aromatic rings. The third-order valence-electron chi connectivity index (χ3n) is 3.98. The highest BCUT2D eigenvalue weighted by Crippen LogP contribution is 2.23. The van der Waals surface area contributed by atoms with Crippen molar-refractivity contribution in [3.63, 3.8) is 0 Å². The number of morpholine rings is 1. The van der Waals surface area contributed by atoms with E-state index in [-0.39, 0.29) is 24.6 Å². The first-order chi connectivity index (χ1) is 11.1. The lowest BCUT2D eigenvalue weighted by molar-refractivity contribution is -0.121. The van der Waals surface area contributed by atoms with E-state index in [0.717, 1.165) is 31.0 Å². The van der Waals surface area contributed by atoms with Gasteiger partial charge in [-0.1, -0.05) is 18.2 Å². The van der Waals surface area contributed by atoms with Crippen LogP contribution in [0.2, 0.25) is 0 Å². The Hall–Kier alpha value is -1.63. The number of carbonyl (C=O) groups is 1. The molecule has 0 spiro atoms. The van der Waals surface area contributed by atoms with Crippen LogP contribution in [0.15, 0.2) is 24.3 Å². The van der Waals surface area contributed by atoms with E-state index in [0.29, 0.717) is 6.54 Å². The highest BCUT2D eigenvalue weighted by molar-refractivity contribution is 5.78. The van der Waals surface area contributed by atoms with Crippen LogP contribution in [0.25, 0.3) is 0 Å². The third kappa shape index (κ3) is 5.49. The number of para-hydroxylation sites is 1. The first-order valence-corrected chi connectivity index (χ1v) is 8.03. The number of amides is 1. The molecule has 1 heterocycles. The Morgan fingerprint density at radius 3 is 3.00 bits per heavy atom. The summed E-state index contributed by atoms with van der Waals surface area (Å²) < 4.78 is 11.0. The lowest BCUT2D eigenvalue weighted by Gasteiger charge is -2.30. The van der Waals surface area contributed by atoms with Gasteiger partial charge in [0.1, 0.15) is 5.75 Å². The Morgan fingerprint density at radius 2 is 2.26 bits per heavy atom. The van der Waals surface area contributed by atoms with Gasteiger partial charge in [-0.3, -0.25) is 4.79 Å². The average Bonchev–Trinajstić information content (AvgIpc) is 2.54. The van der Waals surface area contributed by atoms with Gasteiger partial charge in [0.2, 0.25) is 5.91 Å². The van der Waals surface area contributed by atoms with Gasteiger partial charge in [-0.05, 0) is 20.0 Å². The maximum absolute atomic E-state index is 12.1. The molecule has 2 atom stereocenters. The summed E-state index contributed by atoms with van der Waals surface area (Å²) in [7, 11) is 3.72. The number of benzene rings is 1. The van der Waals surface area contributed by atoms with Gasteiger partial charge in [0.15, 0.2) is 0 Å². The number of hydrogen-bond acceptors (Lipinski definition) is 5. The third-order valence-corrected chi connectivity index (χ3v) is 3.98. The van der Waals surface area contributed by atoms with E-state index in [1.165, 1.54) is 0 Å². The second-order valence-electron chi connectivity index (χ2n) is 5.92. The van der Waals surface area contributed by atoms with Crippen LogP contribution in [0.5, 0.6) is 5.75 Å². The largest absolute Gasteiger partial charge is 0.496 e. The Morgan fingerprint density at radius 1 is 1.48 bits per heavy atom. The summed E-state index contributed by atoms with van der Waals surface area (Å²) >= 11 is 0. The van der Waals surface area contributed by atoms with E-state index in [2.05, 4.69) is 22.6 Å². The lowest BCUT2D eigenvalue weighted by atomic mass is 10.1. The summed E-state index contributed by atoms with van der Waals surface area (Å²) in [5.74, 6) is 0.750. The van der Waals surface area contributed by atoms with Gasteiger partial charge in [-0.2, -0.15) is 0 Å². The summed E-state index contributed by atoms with van der Waals surface area (Å²) in [6.45, 7) is 5.53. The summed E-state index contributed by atoms with van der Waals surface area (Å²) in [6.07, 6.45) is 0.146. The van der Waals surface area contributed by atoms with Crippen LogP contribution >= 0.6 is 0 Å². The fraction of sp³-hybridized carbons (Fsp3) is 0.588. The molecule has 6 heteroatoms. The van der Waals surface area contributed by atoms with E-state index in [4.69, 9.17) is 9.47 Å². The van der Waals surface area contributed by atoms with Crippen LogP contribution in [-0.2, 0) is 9.53 Å². The Bertz CT molecular complexity index is 510. The molecular formula is C17H27N3O3. The van der Waals surface area contributed by atoms with Gasteiger partial charge in [0, 0.05) is 25.2 Å². The van der Waals surface area contributed by atoms with Gasteiger partial charge in [0.05, 0.1) is 32.4 Å². The molecule has 1 fully saturated rings. The van der Waals surface area contributed by atoms with Crippen LogP contribution in [0.1, 0.15) is 18.5 Å². The second-order valence-corrected chi connectivity index (χ2v) is 5.92. The van der Waals surface area contributed by atoms with Crippen molar-refractivity contribution in [3.8, 4) is 5.75 Å². The minimum absolute atomic E-state index is 0.0347. The number of nitrogens with one attached hydrogen (secondary N) is 2. The second kappa shape index (κ2) is 8.86. The van der Waals surface area contributed by atoms with E-state index in [1.807, 2.05) is 31.2 Å². The minimum atomic E-state index is -0.0995. The monoisotopic (exact) mass is 321 g/mol. The molecule has 1 aliphatic rings. The predicted octanol–water partition coefficient (Wildman–Crippen LogP) is 0.793. The molecule has 0 aromatic heterocycles. The number of hydrogen-bond donors (Lipinski definition) is 2. The van der Waals surface area contributed by atoms with E-state index in [9.17, 15) is 4.79 Å². The summed E-state index contributed by atoms with van der Waals surface area (Å²) in [5.41, 5.74) is 0.973. The van der Waals surface area contributed by atoms with Crippen LogP contribution in [-0.4, -0.2) is 63.9 Å². The van der Waals surface area contributed by atoms with Gasteiger partial charge in [-0.25, -0.2) is 0 Å². The molecule has 6 nitrogen and oxygen atoms in total. The number of rotatable bonds is 7. The Kier molecular flexibility index (Phi) is 6.83. The summed E-state index contributed by atoms with van der Waals surface area (Å²) in [5, 5.41) is 6.15. The number of ether oxygens (including phenoxy) is 2. The molecule has 128 valence electrons. The SMILES string of the molecule is COc1ccccc1[C@@H](C)NC(=O)CNC[C@H]1CN(C)CCO1. The molecule has 0 radical (unpaired) electrons. The van der Waals surface area contributed by atoms with Gasteiger partial charge >= 0.3 is 0 Å². The Balaban J connectivity index is 1.73. The Labute approximate surface area is 138 Å². The number of carbonyl (C=O) groups excluding carboxylic acids is 1. The molecule has 0 saturated carbocycles. The first-order valence-electron chi connectivity index (χ1n) is 8.03. The molecule has 0 aliphatic carbocycles. The molecule has 1 aliphatic heterocycles. The van der Waals surface area contributed by atoms with Crippen molar-refractivity contribution in [1.82, 2.24) is 15.5 Å². The molecule has 1 amide bonds. The van der Waals surface area contributed by atoms with Gasteiger partial charge in [0.25, 0.3) is 0 Å². The molecule has 2 N–H and O–H groups in total. The molecular weight excluding hydrogens is 294 g/mol. The van der Waals surface area contributed by atoms with E-state index in [1.54, 1.807) is 7.11 Å². The highest BCUT2D eigenvalue weighted by atomic mass is 16.5. The van der Waals surface area contributed by atoms with E-state index >= 15 is 0 Å². The quantitative estimate of drug-likeness (QED) is 0.777. The lowest BCUT2D eigenvalue weighted by Crippen LogP contribution is -2.46. The fourth-order valence-electron chi connectivity index (χ4n) is 2.73. The van der Waals surface area contributed by atoms with Gasteiger partial charge < -0.3 is 25.0 Å². The smallest absolute Gasteiger partial charge is 0.234 e. The van der Waals surface area contributed by atoms with Gasteiger partial charge in [-0.15, -0.1) is 0 Å². The minimum Gasteiger partial charge on any atom is -0.496 e. The van der Waals surface area contributed by atoms with Crippen molar-refractivity contribution in [2.75, 3.05) is 46.9 Å². The molecule has 0 bridgehead atoms.